The monoisotopic (exact) mass is 328 g/mol. The molecule has 2 aromatic rings. The number of thiophene rings is 1. The zero-order valence-corrected chi connectivity index (χ0v) is 13.3. The third kappa shape index (κ3) is 3.59. The van der Waals surface area contributed by atoms with Gasteiger partial charge in [-0.3, -0.25) is 0 Å². The van der Waals surface area contributed by atoms with Crippen LogP contribution < -0.4 is 9.46 Å². The highest BCUT2D eigenvalue weighted by Crippen LogP contribution is 2.26. The van der Waals surface area contributed by atoms with Crippen molar-refractivity contribution in [3.05, 3.63) is 39.7 Å². The summed E-state index contributed by atoms with van der Waals surface area (Å²) in [5, 5.41) is 10.9. The van der Waals surface area contributed by atoms with Gasteiger partial charge in [0.15, 0.2) is 0 Å². The first-order chi connectivity index (χ1) is 9.97. The number of ether oxygens (including phenoxy) is 1. The molecule has 6 nitrogen and oxygen atoms in total. The molecule has 114 valence electrons. The molecule has 0 saturated heterocycles. The van der Waals surface area contributed by atoms with Gasteiger partial charge in [-0.2, -0.15) is 0 Å². The molecule has 0 aliphatic heterocycles. The van der Waals surface area contributed by atoms with Crippen molar-refractivity contribution >= 4 is 21.4 Å². The molecule has 2 aromatic heterocycles. The van der Waals surface area contributed by atoms with Crippen LogP contribution in [0.4, 0.5) is 0 Å². The highest BCUT2D eigenvalue weighted by molar-refractivity contribution is 7.89. The van der Waals surface area contributed by atoms with Crippen LogP contribution in [0.5, 0.6) is 5.88 Å². The average Bonchev–Trinajstić information content (AvgIpc) is 2.87. The molecule has 0 saturated carbocycles. The Morgan fingerprint density at radius 1 is 1.43 bits per heavy atom. The van der Waals surface area contributed by atoms with E-state index in [1.54, 1.807) is 30.6 Å². The summed E-state index contributed by atoms with van der Waals surface area (Å²) in [6.07, 6.45) is 1.55. The Bertz CT molecular complexity index is 708. The number of nitrogens with zero attached hydrogens (tertiary/aromatic N) is 1. The van der Waals surface area contributed by atoms with E-state index >= 15 is 0 Å². The largest absolute Gasteiger partial charge is 0.481 e. The van der Waals surface area contributed by atoms with Crippen LogP contribution >= 0.6 is 11.3 Å². The van der Waals surface area contributed by atoms with Gasteiger partial charge < -0.3 is 9.84 Å². The lowest BCUT2D eigenvalue weighted by Gasteiger charge is -2.08. The second-order valence-electron chi connectivity index (χ2n) is 4.36. The van der Waals surface area contributed by atoms with Crippen molar-refractivity contribution in [2.75, 3.05) is 7.11 Å². The van der Waals surface area contributed by atoms with Crippen LogP contribution in [0.3, 0.4) is 0 Å². The number of aliphatic hydroxyl groups is 1. The molecule has 2 rings (SSSR count). The molecule has 0 atom stereocenters. The van der Waals surface area contributed by atoms with Crippen molar-refractivity contribution in [1.82, 2.24) is 9.71 Å². The number of aryl methyl sites for hydroxylation is 1. The summed E-state index contributed by atoms with van der Waals surface area (Å²) in [7, 11) is -2.15. The van der Waals surface area contributed by atoms with E-state index in [1.165, 1.54) is 18.4 Å². The van der Waals surface area contributed by atoms with E-state index in [0.717, 1.165) is 5.56 Å². The number of aliphatic hydroxyl groups excluding tert-OH is 1. The molecule has 0 unspecified atom stereocenters. The third-order valence-corrected chi connectivity index (χ3v) is 5.72. The van der Waals surface area contributed by atoms with E-state index < -0.39 is 10.0 Å². The first-order valence-corrected chi connectivity index (χ1v) is 8.50. The molecule has 0 amide bonds. The predicted molar refractivity (Wildman–Crippen MR) is 79.8 cm³/mol. The molecule has 21 heavy (non-hydrogen) atoms. The normalized spacial score (nSPS) is 11.6. The van der Waals surface area contributed by atoms with Crippen molar-refractivity contribution in [2.24, 2.45) is 0 Å². The molecule has 2 N–H and O–H groups in total. The number of sulfonamides is 1. The predicted octanol–water partition coefficient (Wildman–Crippen LogP) is 1.43. The fourth-order valence-electron chi connectivity index (χ4n) is 1.84. The molecule has 0 fully saturated rings. The summed E-state index contributed by atoms with van der Waals surface area (Å²) in [6, 6.07) is 3.40. The van der Waals surface area contributed by atoms with Gasteiger partial charge in [-0.25, -0.2) is 18.1 Å². The number of hydrogen-bond acceptors (Lipinski definition) is 6. The highest BCUT2D eigenvalue weighted by Gasteiger charge is 2.22. The lowest BCUT2D eigenvalue weighted by atomic mass is 10.3. The lowest BCUT2D eigenvalue weighted by Crippen LogP contribution is -2.24. The van der Waals surface area contributed by atoms with Crippen LogP contribution in [0.2, 0.25) is 0 Å². The zero-order valence-electron chi connectivity index (χ0n) is 11.7. The van der Waals surface area contributed by atoms with Crippen LogP contribution in [0.15, 0.2) is 28.6 Å². The maximum Gasteiger partial charge on any atom is 0.242 e. The molecule has 0 bridgehead atoms. The van der Waals surface area contributed by atoms with Crippen LogP contribution in [0.25, 0.3) is 0 Å². The molecule has 0 aliphatic carbocycles. The van der Waals surface area contributed by atoms with E-state index in [1.807, 2.05) is 0 Å². The minimum atomic E-state index is -3.66. The van der Waals surface area contributed by atoms with Gasteiger partial charge in [0.05, 0.1) is 18.6 Å². The summed E-state index contributed by atoms with van der Waals surface area (Å²) >= 11 is 1.23. The first-order valence-electron chi connectivity index (χ1n) is 6.14. The molecule has 0 aliphatic rings. The number of aromatic nitrogens is 1. The maximum atomic E-state index is 12.3. The fourth-order valence-corrected chi connectivity index (χ4v) is 4.52. The average molecular weight is 328 g/mol. The van der Waals surface area contributed by atoms with E-state index in [9.17, 15) is 13.5 Å². The van der Waals surface area contributed by atoms with Gasteiger partial charge in [-0.05, 0) is 23.4 Å². The SMILES string of the molecule is COc1ccc(CNS(=O)(=O)c2c(C)csc2CO)cn1. The van der Waals surface area contributed by atoms with Crippen molar-refractivity contribution in [3.8, 4) is 5.88 Å². The van der Waals surface area contributed by atoms with E-state index in [0.29, 0.717) is 16.3 Å². The van der Waals surface area contributed by atoms with Gasteiger partial charge in [0.2, 0.25) is 15.9 Å². The smallest absolute Gasteiger partial charge is 0.242 e. The highest BCUT2D eigenvalue weighted by atomic mass is 32.2. The summed E-state index contributed by atoms with van der Waals surface area (Å²) in [5.74, 6) is 0.470. The zero-order chi connectivity index (χ0) is 15.5. The van der Waals surface area contributed by atoms with Crippen molar-refractivity contribution in [1.29, 1.82) is 0 Å². The van der Waals surface area contributed by atoms with E-state index in [-0.39, 0.29) is 18.0 Å². The van der Waals surface area contributed by atoms with Crippen LogP contribution in [-0.2, 0) is 23.2 Å². The molecular formula is C13H16N2O4S2. The molecule has 0 spiro atoms. The Labute approximate surface area is 127 Å². The van der Waals surface area contributed by atoms with Gasteiger partial charge in [-0.15, -0.1) is 11.3 Å². The van der Waals surface area contributed by atoms with Crippen LogP contribution in [0.1, 0.15) is 16.0 Å². The lowest BCUT2D eigenvalue weighted by molar-refractivity contribution is 0.282. The van der Waals surface area contributed by atoms with Crippen molar-refractivity contribution in [2.45, 2.75) is 25.0 Å². The molecule has 0 radical (unpaired) electrons. The van der Waals surface area contributed by atoms with Crippen molar-refractivity contribution < 1.29 is 18.3 Å². The minimum absolute atomic E-state index is 0.124. The Balaban J connectivity index is 2.15. The number of nitrogens with one attached hydrogen (secondary N) is 1. The van der Waals surface area contributed by atoms with Crippen molar-refractivity contribution in [3.63, 3.8) is 0 Å². The Morgan fingerprint density at radius 3 is 2.76 bits per heavy atom. The minimum Gasteiger partial charge on any atom is -0.481 e. The number of methoxy groups -OCH3 is 1. The van der Waals surface area contributed by atoms with Gasteiger partial charge >= 0.3 is 0 Å². The van der Waals surface area contributed by atoms with E-state index in [4.69, 9.17) is 4.74 Å². The van der Waals surface area contributed by atoms with Gasteiger partial charge in [0, 0.05) is 18.8 Å². The van der Waals surface area contributed by atoms with Crippen LogP contribution in [-0.4, -0.2) is 25.6 Å². The summed E-state index contributed by atoms with van der Waals surface area (Å²) in [6.45, 7) is 1.54. The van der Waals surface area contributed by atoms with Crippen LogP contribution in [0, 0.1) is 6.92 Å². The quantitative estimate of drug-likeness (QED) is 0.837. The van der Waals surface area contributed by atoms with Gasteiger partial charge in [-0.1, -0.05) is 6.07 Å². The van der Waals surface area contributed by atoms with Gasteiger partial charge in [0.1, 0.15) is 4.90 Å². The summed E-state index contributed by atoms with van der Waals surface area (Å²) in [4.78, 5) is 4.62. The number of rotatable bonds is 6. The molecule has 0 aromatic carbocycles. The number of pyridine rings is 1. The maximum absolute atomic E-state index is 12.3. The molecule has 2 heterocycles. The Kier molecular flexibility index (Phi) is 4.94. The Morgan fingerprint density at radius 2 is 2.19 bits per heavy atom. The summed E-state index contributed by atoms with van der Waals surface area (Å²) in [5.41, 5.74) is 1.35. The second kappa shape index (κ2) is 6.52. The number of hydrogen-bond donors (Lipinski definition) is 2. The molecule has 8 heteroatoms. The fraction of sp³-hybridized carbons (Fsp3) is 0.308. The van der Waals surface area contributed by atoms with Gasteiger partial charge in [0.25, 0.3) is 0 Å². The first kappa shape index (κ1) is 15.9. The molecular weight excluding hydrogens is 312 g/mol. The topological polar surface area (TPSA) is 88.5 Å². The van der Waals surface area contributed by atoms with E-state index in [2.05, 4.69) is 9.71 Å². The standard InChI is InChI=1S/C13H16N2O4S2/c1-9-8-20-11(7-16)13(9)21(17,18)15-6-10-3-4-12(19-2)14-5-10/h3-5,8,15-16H,6-7H2,1-2H3. The Hall–Kier alpha value is -1.48. The summed E-state index contributed by atoms with van der Waals surface area (Å²) < 4.78 is 32.1. The second-order valence-corrected chi connectivity index (χ2v) is 7.03. The third-order valence-electron chi connectivity index (χ3n) is 2.87.